The molecule has 0 amide bonds. The molecule has 23 heavy (non-hydrogen) atoms. The summed E-state index contributed by atoms with van der Waals surface area (Å²) < 4.78 is 0. The molecule has 1 fully saturated rings. The number of hydrogen-bond acceptors (Lipinski definition) is 4. The molecule has 1 aromatic heterocycles. The van der Waals surface area contributed by atoms with Gasteiger partial charge in [-0.1, -0.05) is 43.2 Å². The molecule has 0 radical (unpaired) electrons. The van der Waals surface area contributed by atoms with E-state index < -0.39 is 0 Å². The smallest absolute Gasteiger partial charge is 0.150 e. The molecule has 5 nitrogen and oxygen atoms in total. The first-order valence-corrected chi connectivity index (χ1v) is 8.04. The largest absolute Gasteiger partial charge is 0.367 e. The Morgan fingerprint density at radius 1 is 1.09 bits per heavy atom. The van der Waals surface area contributed by atoms with Gasteiger partial charge in [-0.15, -0.1) is 0 Å². The minimum Gasteiger partial charge on any atom is -0.367 e. The van der Waals surface area contributed by atoms with Gasteiger partial charge >= 0.3 is 0 Å². The summed E-state index contributed by atoms with van der Waals surface area (Å²) in [4.78, 5) is 4.37. The lowest BCUT2D eigenvalue weighted by molar-refractivity contribution is 0.234. The van der Waals surface area contributed by atoms with E-state index in [1.807, 2.05) is 11.5 Å². The van der Waals surface area contributed by atoms with Crippen molar-refractivity contribution >= 4 is 11.7 Å². The number of anilines is 1. The number of hydrogen-bond donors (Lipinski definition) is 4. The summed E-state index contributed by atoms with van der Waals surface area (Å²) in [6.45, 7) is 0. The second-order valence-electron chi connectivity index (χ2n) is 5.97. The molecule has 120 valence electrons. The number of rotatable bonds is 4. The molecule has 5 heteroatoms. The van der Waals surface area contributed by atoms with E-state index in [0.29, 0.717) is 17.5 Å². The molecule has 0 saturated heterocycles. The van der Waals surface area contributed by atoms with Crippen molar-refractivity contribution in [3.63, 3.8) is 0 Å². The fourth-order valence-corrected chi connectivity index (χ4v) is 3.28. The monoisotopic (exact) mass is 310 g/mol. The van der Waals surface area contributed by atoms with Crippen LogP contribution in [-0.4, -0.2) is 22.1 Å². The van der Waals surface area contributed by atoms with Crippen molar-refractivity contribution in [2.75, 3.05) is 5.32 Å². The van der Waals surface area contributed by atoms with E-state index in [-0.39, 0.29) is 5.84 Å². The van der Waals surface area contributed by atoms with Crippen molar-refractivity contribution in [2.45, 2.75) is 37.6 Å². The Morgan fingerprint density at radius 2 is 1.87 bits per heavy atom. The first kappa shape index (κ1) is 15.5. The van der Waals surface area contributed by atoms with Crippen LogP contribution in [0.3, 0.4) is 0 Å². The van der Waals surface area contributed by atoms with Gasteiger partial charge in [-0.3, -0.25) is 16.1 Å². The molecule has 0 spiro atoms. The van der Waals surface area contributed by atoms with Crippen LogP contribution in [0.5, 0.6) is 0 Å². The highest BCUT2D eigenvalue weighted by Crippen LogP contribution is 2.34. The summed E-state index contributed by atoms with van der Waals surface area (Å²) >= 11 is 0. The van der Waals surface area contributed by atoms with Crippen LogP contribution in [0.1, 0.15) is 42.7 Å². The second-order valence-corrected chi connectivity index (χ2v) is 5.97. The SMILES string of the molecule is N=C(NO)c1ccc(N[C@@H]2CCCC[C@H]2c2ccccc2)nc1. The first-order valence-electron chi connectivity index (χ1n) is 8.04. The van der Waals surface area contributed by atoms with Gasteiger partial charge in [0.1, 0.15) is 5.82 Å². The standard InChI is InChI=1S/C18H22N4O/c19-18(22-23)14-10-11-17(20-12-14)21-16-9-5-4-8-15(16)13-6-2-1-3-7-13/h1-3,6-7,10-12,15-16,23H,4-5,8-9H2,(H2,19,22)(H,20,21)/t15-,16+/m0/s1. The highest BCUT2D eigenvalue weighted by Gasteiger charge is 2.26. The van der Waals surface area contributed by atoms with Crippen LogP contribution in [0.25, 0.3) is 0 Å². The Bertz CT molecular complexity index is 642. The summed E-state index contributed by atoms with van der Waals surface area (Å²) in [7, 11) is 0. The molecule has 2 aromatic rings. The van der Waals surface area contributed by atoms with Crippen molar-refractivity contribution in [2.24, 2.45) is 0 Å². The lowest BCUT2D eigenvalue weighted by Gasteiger charge is -2.33. The van der Waals surface area contributed by atoms with Gasteiger partial charge < -0.3 is 5.32 Å². The number of pyridine rings is 1. The van der Waals surface area contributed by atoms with Crippen molar-refractivity contribution in [1.29, 1.82) is 5.41 Å². The number of nitrogens with one attached hydrogen (secondary N) is 3. The van der Waals surface area contributed by atoms with E-state index in [2.05, 4.69) is 40.6 Å². The van der Waals surface area contributed by atoms with Crippen molar-refractivity contribution in [3.05, 3.63) is 59.8 Å². The maximum Gasteiger partial charge on any atom is 0.150 e. The van der Waals surface area contributed by atoms with Crippen LogP contribution in [0.2, 0.25) is 0 Å². The molecule has 1 aliphatic rings. The van der Waals surface area contributed by atoms with Gasteiger partial charge in [0.05, 0.1) is 0 Å². The van der Waals surface area contributed by atoms with E-state index in [4.69, 9.17) is 10.6 Å². The van der Waals surface area contributed by atoms with Gasteiger partial charge in [0.2, 0.25) is 0 Å². The minimum absolute atomic E-state index is 0.0520. The molecule has 0 bridgehead atoms. The fraction of sp³-hybridized carbons (Fsp3) is 0.333. The van der Waals surface area contributed by atoms with Gasteiger partial charge in [-0.25, -0.2) is 4.98 Å². The Kier molecular flexibility index (Phi) is 4.88. The Balaban J connectivity index is 1.73. The van der Waals surface area contributed by atoms with Gasteiger partial charge in [0, 0.05) is 23.7 Å². The zero-order valence-electron chi connectivity index (χ0n) is 13.0. The Hall–Kier alpha value is -2.40. The van der Waals surface area contributed by atoms with Crippen LogP contribution in [-0.2, 0) is 0 Å². The molecule has 1 heterocycles. The molecular weight excluding hydrogens is 288 g/mol. The van der Waals surface area contributed by atoms with Gasteiger partial charge in [0.25, 0.3) is 0 Å². The lowest BCUT2D eigenvalue weighted by Crippen LogP contribution is -2.31. The third-order valence-electron chi connectivity index (χ3n) is 4.49. The van der Waals surface area contributed by atoms with E-state index >= 15 is 0 Å². The normalized spacial score (nSPS) is 20.7. The third-order valence-corrected chi connectivity index (χ3v) is 4.49. The maximum absolute atomic E-state index is 8.76. The topological polar surface area (TPSA) is 81.0 Å². The molecule has 1 saturated carbocycles. The van der Waals surface area contributed by atoms with E-state index in [1.165, 1.54) is 24.8 Å². The van der Waals surface area contributed by atoms with E-state index in [0.717, 1.165) is 12.2 Å². The van der Waals surface area contributed by atoms with Crippen molar-refractivity contribution in [1.82, 2.24) is 10.5 Å². The van der Waals surface area contributed by atoms with E-state index in [9.17, 15) is 0 Å². The summed E-state index contributed by atoms with van der Waals surface area (Å²) in [5, 5.41) is 19.8. The third kappa shape index (κ3) is 3.68. The highest BCUT2D eigenvalue weighted by molar-refractivity contribution is 5.95. The van der Waals surface area contributed by atoms with E-state index in [1.54, 1.807) is 12.3 Å². The quantitative estimate of drug-likeness (QED) is 0.396. The molecule has 1 aromatic carbocycles. The number of aromatic nitrogens is 1. The Labute approximate surface area is 136 Å². The van der Waals surface area contributed by atoms with Gasteiger partial charge in [-0.05, 0) is 30.5 Å². The maximum atomic E-state index is 8.76. The molecule has 0 unspecified atom stereocenters. The van der Waals surface area contributed by atoms with Crippen LogP contribution >= 0.6 is 0 Å². The zero-order chi connectivity index (χ0) is 16.1. The summed E-state index contributed by atoms with van der Waals surface area (Å²) in [6, 6.07) is 14.7. The van der Waals surface area contributed by atoms with Crippen molar-refractivity contribution in [3.8, 4) is 0 Å². The molecular formula is C18H22N4O. The number of nitrogens with zero attached hydrogens (tertiary/aromatic N) is 1. The summed E-state index contributed by atoms with van der Waals surface area (Å²) in [6.07, 6.45) is 6.42. The molecule has 1 aliphatic carbocycles. The lowest BCUT2D eigenvalue weighted by atomic mass is 9.80. The molecule has 0 aliphatic heterocycles. The second kappa shape index (κ2) is 7.24. The van der Waals surface area contributed by atoms with Crippen molar-refractivity contribution < 1.29 is 5.21 Å². The average molecular weight is 310 g/mol. The highest BCUT2D eigenvalue weighted by atomic mass is 16.5. The average Bonchev–Trinajstić information content (AvgIpc) is 2.63. The first-order chi connectivity index (χ1) is 11.3. The predicted octanol–water partition coefficient (Wildman–Crippen LogP) is 3.52. The predicted molar refractivity (Wildman–Crippen MR) is 91.0 cm³/mol. The minimum atomic E-state index is -0.0520. The number of hydroxylamine groups is 1. The summed E-state index contributed by atoms with van der Waals surface area (Å²) in [5.74, 6) is 1.26. The van der Waals surface area contributed by atoms with Crippen LogP contribution in [0.4, 0.5) is 5.82 Å². The molecule has 2 atom stereocenters. The van der Waals surface area contributed by atoms with Crippen LogP contribution in [0, 0.1) is 5.41 Å². The Morgan fingerprint density at radius 3 is 2.57 bits per heavy atom. The molecule has 3 rings (SSSR count). The number of benzene rings is 1. The van der Waals surface area contributed by atoms with Crippen LogP contribution < -0.4 is 10.8 Å². The summed E-state index contributed by atoms with van der Waals surface area (Å²) in [5.41, 5.74) is 3.77. The fourth-order valence-electron chi connectivity index (χ4n) is 3.28. The molecule has 4 N–H and O–H groups in total. The number of amidine groups is 1. The van der Waals surface area contributed by atoms with Gasteiger partial charge in [-0.2, -0.15) is 0 Å². The van der Waals surface area contributed by atoms with Gasteiger partial charge in [0.15, 0.2) is 5.84 Å². The zero-order valence-corrected chi connectivity index (χ0v) is 13.0. The van der Waals surface area contributed by atoms with Crippen LogP contribution in [0.15, 0.2) is 48.7 Å².